The Morgan fingerprint density at radius 2 is 1.46 bits per heavy atom. The maximum Gasteiger partial charge on any atom is 0.573 e. The Labute approximate surface area is 316 Å². The van der Waals surface area contributed by atoms with Crippen LogP contribution in [0.15, 0.2) is 91.1 Å². The number of hydrogen-bond donors (Lipinski definition) is 0. The molecule has 0 bridgehead atoms. The summed E-state index contributed by atoms with van der Waals surface area (Å²) >= 11 is 0. The Balaban J connectivity index is 0.00000561. The number of rotatable bonds is 10. The summed E-state index contributed by atoms with van der Waals surface area (Å²) in [5.74, 6) is -0.149. The van der Waals surface area contributed by atoms with Crippen LogP contribution in [0, 0.1) is 0 Å². The smallest absolute Gasteiger partial charge is 0.484 e. The van der Waals surface area contributed by atoms with Crippen molar-refractivity contribution in [3.8, 4) is 23.1 Å². The molecule has 0 spiro atoms. The Bertz CT molecular complexity index is 2070. The molecule has 1 fully saturated rings. The van der Waals surface area contributed by atoms with Crippen LogP contribution in [-0.2, 0) is 13.6 Å². The molecule has 0 atom stereocenters. The van der Waals surface area contributed by atoms with Crippen LogP contribution >= 0.6 is 17.0 Å². The van der Waals surface area contributed by atoms with Gasteiger partial charge in [0.1, 0.15) is 22.9 Å². The van der Waals surface area contributed by atoms with E-state index in [2.05, 4.69) is 14.6 Å². The van der Waals surface area contributed by atoms with Crippen molar-refractivity contribution in [3.63, 3.8) is 0 Å². The summed E-state index contributed by atoms with van der Waals surface area (Å²) in [5.41, 5.74) is 2.78. The van der Waals surface area contributed by atoms with Gasteiger partial charge >= 0.3 is 12.5 Å². The molecule has 2 aromatic heterocycles. The number of piperazine rings is 1. The minimum absolute atomic E-state index is 0. The molecule has 0 radical (unpaired) electrons. The van der Waals surface area contributed by atoms with E-state index in [9.17, 15) is 35.9 Å². The van der Waals surface area contributed by atoms with Crippen molar-refractivity contribution in [2.75, 3.05) is 44.7 Å². The van der Waals surface area contributed by atoms with Gasteiger partial charge in [0.15, 0.2) is 6.61 Å². The summed E-state index contributed by atoms with van der Waals surface area (Å²) in [6.45, 7) is 1.52. The number of pyridine rings is 1. The molecule has 5 aromatic rings. The Morgan fingerprint density at radius 1 is 0.815 bits per heavy atom. The molecule has 3 heterocycles. The molecule has 1 saturated heterocycles. The van der Waals surface area contributed by atoms with E-state index in [1.54, 1.807) is 52.9 Å². The van der Waals surface area contributed by atoms with E-state index >= 15 is 0 Å². The molecule has 3 aromatic carbocycles. The highest BCUT2D eigenvalue weighted by Crippen LogP contribution is 2.29. The summed E-state index contributed by atoms with van der Waals surface area (Å²) < 4.78 is 91.0. The van der Waals surface area contributed by atoms with E-state index in [-0.39, 0.29) is 40.1 Å². The van der Waals surface area contributed by atoms with Crippen LogP contribution in [0.3, 0.4) is 0 Å². The van der Waals surface area contributed by atoms with Gasteiger partial charge in [0.05, 0.1) is 17.4 Å². The number of alkyl halides is 6. The molecule has 1 aliphatic rings. The summed E-state index contributed by atoms with van der Waals surface area (Å²) in [5, 5.41) is 0.839. The third-order valence-corrected chi connectivity index (χ3v) is 8.60. The zero-order valence-electron chi connectivity index (χ0n) is 28.9. The second-order valence-corrected chi connectivity index (χ2v) is 12.3. The molecule has 1 aliphatic heterocycles. The minimum atomic E-state index is -4.84. The van der Waals surface area contributed by atoms with E-state index in [4.69, 9.17) is 9.47 Å². The van der Waals surface area contributed by atoms with Crippen LogP contribution in [0.5, 0.6) is 23.1 Å². The number of amides is 2. The van der Waals surface area contributed by atoms with E-state index in [1.807, 2.05) is 12.1 Å². The van der Waals surface area contributed by atoms with E-state index < -0.39 is 30.8 Å². The van der Waals surface area contributed by atoms with Gasteiger partial charge in [0.25, 0.3) is 11.8 Å². The van der Waals surface area contributed by atoms with Crippen LogP contribution in [0.1, 0.15) is 26.4 Å². The standard InChI is InChI=1S/C37H33F6N5O5.BrH/c1-45(34(49)25-5-11-29(12-6-25)53-37(41,42)43)27-8-14-33(44-21-27)52-30-13-7-26-19-32(46(2)31(26)20-30)35(50)48-17-15-47(16-18-48)22-24-3-9-28(10-4-24)51-23-36(38,39)40;/h3-14,19-21H,15-18,22-23H2,1-2H3;1H. The highest BCUT2D eigenvalue weighted by Gasteiger charge is 2.31. The van der Waals surface area contributed by atoms with Crippen molar-refractivity contribution in [3.05, 3.63) is 108 Å². The van der Waals surface area contributed by atoms with Gasteiger partial charge in [-0.3, -0.25) is 14.5 Å². The first-order valence-corrected chi connectivity index (χ1v) is 16.3. The number of hydrogen-bond acceptors (Lipinski definition) is 7. The molecule has 0 aliphatic carbocycles. The lowest BCUT2D eigenvalue weighted by Gasteiger charge is -2.34. The van der Waals surface area contributed by atoms with Gasteiger partial charge in [-0.25, -0.2) is 4.98 Å². The molecule has 0 saturated carbocycles. The summed E-state index contributed by atoms with van der Waals surface area (Å²) in [7, 11) is 3.31. The first-order chi connectivity index (χ1) is 25.1. The molecule has 0 unspecified atom stereocenters. The van der Waals surface area contributed by atoms with E-state index in [1.165, 1.54) is 42.4 Å². The maximum atomic E-state index is 13.6. The monoisotopic (exact) mass is 821 g/mol. The number of nitrogens with zero attached hydrogens (tertiary/aromatic N) is 5. The van der Waals surface area contributed by atoms with Gasteiger partial charge in [-0.15, -0.1) is 30.2 Å². The van der Waals surface area contributed by atoms with E-state index in [0.29, 0.717) is 49.9 Å². The highest BCUT2D eigenvalue weighted by atomic mass is 79.9. The first-order valence-electron chi connectivity index (χ1n) is 16.3. The van der Waals surface area contributed by atoms with Crippen molar-refractivity contribution < 1.29 is 50.1 Å². The molecular formula is C37H34BrF6N5O5. The van der Waals surface area contributed by atoms with Crippen molar-refractivity contribution in [1.82, 2.24) is 19.4 Å². The van der Waals surface area contributed by atoms with Crippen molar-refractivity contribution in [1.29, 1.82) is 0 Å². The normalized spacial score (nSPS) is 13.7. The Kier molecular flexibility index (Phi) is 12.1. The van der Waals surface area contributed by atoms with Gasteiger partial charge < -0.3 is 28.6 Å². The zero-order valence-corrected chi connectivity index (χ0v) is 30.6. The topological polar surface area (TPSA) is 89.4 Å². The fraction of sp³-hybridized carbons (Fsp3) is 0.270. The first kappa shape index (κ1) is 39.9. The molecule has 6 rings (SSSR count). The number of carbonyl (C=O) groups is 2. The van der Waals surface area contributed by atoms with Crippen LogP contribution in [0.4, 0.5) is 32.0 Å². The quantitative estimate of drug-likeness (QED) is 0.132. The van der Waals surface area contributed by atoms with Crippen molar-refractivity contribution in [2.24, 2.45) is 7.05 Å². The largest absolute Gasteiger partial charge is 0.573 e. The lowest BCUT2D eigenvalue weighted by molar-refractivity contribution is -0.274. The number of aryl methyl sites for hydroxylation is 1. The van der Waals surface area contributed by atoms with Crippen molar-refractivity contribution >= 4 is 45.4 Å². The summed E-state index contributed by atoms with van der Waals surface area (Å²) in [6.07, 6.45) is -7.81. The lowest BCUT2D eigenvalue weighted by atomic mass is 10.2. The second-order valence-electron chi connectivity index (χ2n) is 12.3. The van der Waals surface area contributed by atoms with E-state index in [0.717, 1.165) is 28.6 Å². The molecule has 54 heavy (non-hydrogen) atoms. The molecule has 10 nitrogen and oxygen atoms in total. The SMILES string of the molecule is Br.CN(C(=O)c1ccc(OC(F)(F)F)cc1)c1ccc(Oc2ccc3cc(C(=O)N4CCN(Cc5ccc(OCC(F)(F)F)cc5)CC4)n(C)c3c2)nc1. The highest BCUT2D eigenvalue weighted by molar-refractivity contribution is 8.93. The number of halogens is 7. The minimum Gasteiger partial charge on any atom is -0.484 e. The predicted molar refractivity (Wildman–Crippen MR) is 193 cm³/mol. The average Bonchev–Trinajstić information content (AvgIpc) is 3.45. The van der Waals surface area contributed by atoms with Crippen LogP contribution in [0.2, 0.25) is 0 Å². The van der Waals surface area contributed by atoms with Crippen LogP contribution in [-0.4, -0.2) is 83.5 Å². The molecule has 0 N–H and O–H groups in total. The predicted octanol–water partition coefficient (Wildman–Crippen LogP) is 8.02. The molecule has 2 amide bonds. The van der Waals surface area contributed by atoms with Gasteiger partial charge in [-0.05, 0) is 66.2 Å². The zero-order chi connectivity index (χ0) is 37.9. The van der Waals surface area contributed by atoms with Gasteiger partial charge in [-0.1, -0.05) is 12.1 Å². The molecular weight excluding hydrogens is 788 g/mol. The Hall–Kier alpha value is -5.29. The Morgan fingerprint density at radius 3 is 2.07 bits per heavy atom. The maximum absolute atomic E-state index is 13.6. The third-order valence-electron chi connectivity index (χ3n) is 8.60. The number of fused-ring (bicyclic) bond motifs is 1. The van der Waals surface area contributed by atoms with Gasteiger partial charge in [-0.2, -0.15) is 13.2 Å². The second kappa shape index (κ2) is 16.4. The number of anilines is 1. The number of benzene rings is 3. The van der Waals surface area contributed by atoms with Crippen LogP contribution in [0.25, 0.3) is 10.9 Å². The van der Waals surface area contributed by atoms with Crippen LogP contribution < -0.4 is 19.1 Å². The summed E-state index contributed by atoms with van der Waals surface area (Å²) in [6, 6.07) is 21.5. The molecule has 17 heteroatoms. The fourth-order valence-electron chi connectivity index (χ4n) is 5.83. The third kappa shape index (κ3) is 10.0. The van der Waals surface area contributed by atoms with Gasteiger partial charge in [0, 0.05) is 69.9 Å². The fourth-order valence-corrected chi connectivity index (χ4v) is 5.83. The number of ether oxygens (including phenoxy) is 3. The number of carbonyl (C=O) groups excluding carboxylic acids is 2. The summed E-state index contributed by atoms with van der Waals surface area (Å²) in [4.78, 5) is 36.0. The number of aromatic nitrogens is 2. The van der Waals surface area contributed by atoms with Crippen molar-refractivity contribution in [2.45, 2.75) is 19.1 Å². The lowest BCUT2D eigenvalue weighted by Crippen LogP contribution is -2.48. The average molecular weight is 823 g/mol. The van der Waals surface area contributed by atoms with Gasteiger partial charge in [0.2, 0.25) is 5.88 Å². The molecule has 286 valence electrons.